The molecule has 9 heteroatoms. The molecule has 29 heavy (non-hydrogen) atoms. The number of carbonyl (C=O) groups is 1. The summed E-state index contributed by atoms with van der Waals surface area (Å²) in [7, 11) is 0. The van der Waals surface area contributed by atoms with E-state index in [4.69, 9.17) is 4.74 Å². The molecule has 0 aliphatic carbocycles. The number of ether oxygens (including phenoxy) is 1. The van der Waals surface area contributed by atoms with Crippen molar-refractivity contribution in [2.24, 2.45) is 0 Å². The molecule has 0 fully saturated rings. The van der Waals surface area contributed by atoms with Crippen LogP contribution in [0.2, 0.25) is 0 Å². The molecule has 0 radical (unpaired) electrons. The summed E-state index contributed by atoms with van der Waals surface area (Å²) in [6.07, 6.45) is 1.37. The van der Waals surface area contributed by atoms with Crippen LogP contribution in [0.25, 0.3) is 11.0 Å². The van der Waals surface area contributed by atoms with Crippen LogP contribution >= 0.6 is 0 Å². The van der Waals surface area contributed by atoms with E-state index >= 15 is 0 Å². The molecule has 146 valence electrons. The number of amides is 2. The van der Waals surface area contributed by atoms with Crippen LogP contribution in [0, 0.1) is 5.82 Å². The Hall–Kier alpha value is -3.98. The number of aromatic nitrogens is 3. The van der Waals surface area contributed by atoms with Crippen molar-refractivity contribution in [1.29, 1.82) is 0 Å². The predicted molar refractivity (Wildman–Crippen MR) is 105 cm³/mol. The van der Waals surface area contributed by atoms with Crippen LogP contribution in [-0.4, -0.2) is 26.1 Å². The number of rotatable bonds is 5. The Balaban J connectivity index is 1.42. The standard InChI is InChI=1S/C20H16FN5O3/c21-12-1-3-13(4-2-12)25-20(28)26-14-5-7-16(8-6-14)29-19-17-9-15(10-27)24-18(17)22-11-23-19/h1-9,11,27H,10H2,(H,22,23,24)(H2,25,26,28). The van der Waals surface area contributed by atoms with Crippen LogP contribution in [-0.2, 0) is 6.61 Å². The number of carbonyl (C=O) groups excluding carboxylic acids is 1. The average molecular weight is 393 g/mol. The summed E-state index contributed by atoms with van der Waals surface area (Å²) >= 11 is 0. The van der Waals surface area contributed by atoms with Crippen molar-refractivity contribution in [3.05, 3.63) is 72.4 Å². The molecule has 0 aliphatic heterocycles. The minimum atomic E-state index is -0.452. The average Bonchev–Trinajstić information content (AvgIpc) is 3.16. The van der Waals surface area contributed by atoms with E-state index in [2.05, 4.69) is 25.6 Å². The van der Waals surface area contributed by atoms with Gasteiger partial charge in [-0.2, -0.15) is 0 Å². The van der Waals surface area contributed by atoms with E-state index in [1.54, 1.807) is 30.3 Å². The molecule has 2 heterocycles. The maximum Gasteiger partial charge on any atom is 0.323 e. The summed E-state index contributed by atoms with van der Waals surface area (Å²) in [5, 5.41) is 15.2. The maximum absolute atomic E-state index is 12.9. The Labute approximate surface area is 164 Å². The van der Waals surface area contributed by atoms with E-state index in [1.807, 2.05) is 0 Å². The number of aromatic amines is 1. The largest absolute Gasteiger partial charge is 0.438 e. The first-order valence-electron chi connectivity index (χ1n) is 8.65. The number of urea groups is 1. The third-order valence-corrected chi connectivity index (χ3v) is 4.04. The molecule has 0 spiro atoms. The fraction of sp³-hybridized carbons (Fsp3) is 0.0500. The first kappa shape index (κ1) is 18.4. The van der Waals surface area contributed by atoms with E-state index in [1.165, 1.54) is 30.6 Å². The van der Waals surface area contributed by atoms with Gasteiger partial charge in [-0.3, -0.25) is 0 Å². The molecule has 2 amide bonds. The number of halogens is 1. The Morgan fingerprint density at radius 1 is 1.03 bits per heavy atom. The van der Waals surface area contributed by atoms with Gasteiger partial charge in [0.05, 0.1) is 12.0 Å². The highest BCUT2D eigenvalue weighted by molar-refractivity contribution is 5.99. The van der Waals surface area contributed by atoms with Crippen LogP contribution < -0.4 is 15.4 Å². The number of anilines is 2. The number of fused-ring (bicyclic) bond motifs is 1. The molecular weight excluding hydrogens is 377 g/mol. The number of hydrogen-bond acceptors (Lipinski definition) is 5. The smallest absolute Gasteiger partial charge is 0.323 e. The zero-order chi connectivity index (χ0) is 20.2. The molecule has 2 aromatic heterocycles. The van der Waals surface area contributed by atoms with Gasteiger partial charge in [-0.15, -0.1) is 0 Å². The van der Waals surface area contributed by atoms with Crippen LogP contribution in [0.4, 0.5) is 20.6 Å². The first-order chi connectivity index (χ1) is 14.1. The van der Waals surface area contributed by atoms with Crippen molar-refractivity contribution < 1.29 is 19.0 Å². The topological polar surface area (TPSA) is 112 Å². The lowest BCUT2D eigenvalue weighted by Gasteiger charge is -2.09. The summed E-state index contributed by atoms with van der Waals surface area (Å²) in [4.78, 5) is 23.2. The second-order valence-corrected chi connectivity index (χ2v) is 6.11. The second-order valence-electron chi connectivity index (χ2n) is 6.11. The van der Waals surface area contributed by atoms with Crippen molar-refractivity contribution >= 4 is 28.4 Å². The fourth-order valence-corrected chi connectivity index (χ4v) is 2.68. The van der Waals surface area contributed by atoms with Crippen LogP contribution in [0.5, 0.6) is 11.6 Å². The maximum atomic E-state index is 12.9. The monoisotopic (exact) mass is 393 g/mol. The van der Waals surface area contributed by atoms with Crippen LogP contribution in [0.3, 0.4) is 0 Å². The number of nitrogens with one attached hydrogen (secondary N) is 3. The summed E-state index contributed by atoms with van der Waals surface area (Å²) in [6.45, 7) is -0.143. The molecule has 0 saturated heterocycles. The summed E-state index contributed by atoms with van der Waals surface area (Å²) < 4.78 is 18.7. The van der Waals surface area contributed by atoms with Gasteiger partial charge in [0.25, 0.3) is 0 Å². The Morgan fingerprint density at radius 3 is 2.34 bits per heavy atom. The van der Waals surface area contributed by atoms with Gasteiger partial charge in [0.1, 0.15) is 23.5 Å². The van der Waals surface area contributed by atoms with Crippen LogP contribution in [0.1, 0.15) is 5.69 Å². The van der Waals surface area contributed by atoms with Gasteiger partial charge in [-0.05, 0) is 54.6 Å². The zero-order valence-corrected chi connectivity index (χ0v) is 15.0. The van der Waals surface area contributed by atoms with Gasteiger partial charge >= 0.3 is 6.03 Å². The third-order valence-electron chi connectivity index (χ3n) is 4.04. The first-order valence-corrected chi connectivity index (χ1v) is 8.65. The van der Waals surface area contributed by atoms with E-state index in [9.17, 15) is 14.3 Å². The van der Waals surface area contributed by atoms with Gasteiger partial charge < -0.3 is 25.5 Å². The Bertz CT molecular complexity index is 1140. The van der Waals surface area contributed by atoms with Gasteiger partial charge in [0, 0.05) is 17.1 Å². The molecule has 2 aromatic carbocycles. The van der Waals surface area contributed by atoms with Gasteiger partial charge in [0.2, 0.25) is 5.88 Å². The predicted octanol–water partition coefficient (Wildman–Crippen LogP) is 4.03. The lowest BCUT2D eigenvalue weighted by Crippen LogP contribution is -2.19. The Kier molecular flexibility index (Phi) is 5.04. The normalized spacial score (nSPS) is 10.7. The summed E-state index contributed by atoms with van der Waals surface area (Å²) in [6, 6.07) is 13.5. The van der Waals surface area contributed by atoms with Gasteiger partial charge in [-0.1, -0.05) is 0 Å². The highest BCUT2D eigenvalue weighted by Gasteiger charge is 2.10. The highest BCUT2D eigenvalue weighted by Crippen LogP contribution is 2.28. The molecule has 0 saturated carbocycles. The fourth-order valence-electron chi connectivity index (χ4n) is 2.68. The lowest BCUT2D eigenvalue weighted by molar-refractivity contribution is 0.262. The molecule has 4 aromatic rings. The minimum Gasteiger partial charge on any atom is -0.438 e. The number of benzene rings is 2. The molecule has 4 rings (SSSR count). The molecule has 0 aliphatic rings. The number of aliphatic hydroxyl groups is 1. The minimum absolute atomic E-state index is 0.143. The molecule has 4 N–H and O–H groups in total. The number of nitrogens with zero attached hydrogens (tertiary/aromatic N) is 2. The van der Waals surface area contributed by atoms with Gasteiger partial charge in [0.15, 0.2) is 0 Å². The molecule has 0 bridgehead atoms. The Morgan fingerprint density at radius 2 is 1.69 bits per heavy atom. The van der Waals surface area contributed by atoms with Gasteiger partial charge in [-0.25, -0.2) is 19.2 Å². The van der Waals surface area contributed by atoms with E-state index in [0.29, 0.717) is 39.7 Å². The van der Waals surface area contributed by atoms with Crippen molar-refractivity contribution in [2.45, 2.75) is 6.61 Å². The SMILES string of the molecule is O=C(Nc1ccc(F)cc1)Nc1ccc(Oc2ncnc3[nH]c(CO)cc23)cc1. The molecule has 0 unspecified atom stereocenters. The number of H-pyrrole nitrogens is 1. The highest BCUT2D eigenvalue weighted by atomic mass is 19.1. The van der Waals surface area contributed by atoms with Crippen molar-refractivity contribution in [3.8, 4) is 11.6 Å². The molecule has 0 atom stereocenters. The number of hydrogen-bond donors (Lipinski definition) is 4. The molecule has 8 nitrogen and oxygen atoms in total. The van der Waals surface area contributed by atoms with E-state index in [-0.39, 0.29) is 12.4 Å². The quantitative estimate of drug-likeness (QED) is 0.409. The van der Waals surface area contributed by atoms with Crippen LogP contribution in [0.15, 0.2) is 60.9 Å². The summed E-state index contributed by atoms with van der Waals surface area (Å²) in [5.74, 6) is 0.488. The molecular formula is C20H16FN5O3. The van der Waals surface area contributed by atoms with E-state index in [0.717, 1.165) is 0 Å². The second kappa shape index (κ2) is 7.95. The van der Waals surface area contributed by atoms with Crippen molar-refractivity contribution in [1.82, 2.24) is 15.0 Å². The van der Waals surface area contributed by atoms with Crippen molar-refractivity contribution in [3.63, 3.8) is 0 Å². The third kappa shape index (κ3) is 4.30. The summed E-state index contributed by atoms with van der Waals surface area (Å²) in [5.41, 5.74) is 2.20. The lowest BCUT2D eigenvalue weighted by atomic mass is 10.3. The number of aliphatic hydroxyl groups excluding tert-OH is 1. The van der Waals surface area contributed by atoms with E-state index < -0.39 is 6.03 Å². The van der Waals surface area contributed by atoms with Crippen molar-refractivity contribution in [2.75, 3.05) is 10.6 Å². The zero-order valence-electron chi connectivity index (χ0n) is 15.0.